The summed E-state index contributed by atoms with van der Waals surface area (Å²) < 4.78 is 0. The summed E-state index contributed by atoms with van der Waals surface area (Å²) >= 11 is 3.13. The van der Waals surface area contributed by atoms with Gasteiger partial charge in [-0.2, -0.15) is 0 Å². The molecule has 0 saturated heterocycles. The first kappa shape index (κ1) is 10.6. The molecule has 1 aromatic carbocycles. The highest BCUT2D eigenvalue weighted by Crippen LogP contribution is 2.17. The van der Waals surface area contributed by atoms with Gasteiger partial charge in [0.05, 0.1) is 5.33 Å². The van der Waals surface area contributed by atoms with Crippen LogP contribution in [-0.4, -0.2) is 21.5 Å². The lowest BCUT2D eigenvalue weighted by Gasteiger charge is -1.98. The third-order valence-electron chi connectivity index (χ3n) is 1.53. The van der Waals surface area contributed by atoms with Crippen LogP contribution in [0.3, 0.4) is 0 Å². The van der Waals surface area contributed by atoms with Crippen LogP contribution in [-0.2, 0) is 0 Å². The molecule has 1 aromatic rings. The SMILES string of the molecule is O=C(O)c1ccc(C#CCBr)cc1O. The Labute approximate surface area is 89.5 Å². The molecule has 1 rings (SSSR count). The highest BCUT2D eigenvalue weighted by atomic mass is 79.9. The summed E-state index contributed by atoms with van der Waals surface area (Å²) in [6, 6.07) is 4.22. The molecule has 0 radical (unpaired) electrons. The Bertz CT molecular complexity index is 415. The molecule has 0 bridgehead atoms. The van der Waals surface area contributed by atoms with Crippen LogP contribution >= 0.6 is 15.9 Å². The summed E-state index contributed by atoms with van der Waals surface area (Å²) in [5.41, 5.74) is 0.473. The molecule has 0 aliphatic carbocycles. The van der Waals surface area contributed by atoms with Gasteiger partial charge in [0.2, 0.25) is 0 Å². The lowest BCUT2D eigenvalue weighted by atomic mass is 10.1. The van der Waals surface area contributed by atoms with Gasteiger partial charge in [0.15, 0.2) is 0 Å². The van der Waals surface area contributed by atoms with Crippen molar-refractivity contribution in [1.82, 2.24) is 0 Å². The van der Waals surface area contributed by atoms with E-state index in [1.54, 1.807) is 6.07 Å². The number of aromatic hydroxyl groups is 1. The predicted molar refractivity (Wildman–Crippen MR) is 55.7 cm³/mol. The van der Waals surface area contributed by atoms with Crippen molar-refractivity contribution in [2.75, 3.05) is 5.33 Å². The molecule has 3 nitrogen and oxygen atoms in total. The molecular formula is C10H7BrO3. The fraction of sp³-hybridized carbons (Fsp3) is 0.100. The van der Waals surface area contributed by atoms with E-state index in [2.05, 4.69) is 27.8 Å². The predicted octanol–water partition coefficient (Wildman–Crippen LogP) is 1.84. The minimum Gasteiger partial charge on any atom is -0.507 e. The van der Waals surface area contributed by atoms with Gasteiger partial charge in [-0.25, -0.2) is 4.79 Å². The molecule has 2 N–H and O–H groups in total. The number of benzene rings is 1. The van der Waals surface area contributed by atoms with E-state index in [0.717, 1.165) is 0 Å². The molecule has 4 heteroatoms. The standard InChI is InChI=1S/C10H7BrO3/c11-5-1-2-7-3-4-8(10(13)14)9(12)6-7/h3-4,6,12H,5H2,(H,13,14). The number of rotatable bonds is 1. The van der Waals surface area contributed by atoms with Crippen LogP contribution in [0.15, 0.2) is 18.2 Å². The minimum atomic E-state index is -1.15. The lowest BCUT2D eigenvalue weighted by Crippen LogP contribution is -1.96. The van der Waals surface area contributed by atoms with Gasteiger partial charge in [0, 0.05) is 5.56 Å². The Hall–Kier alpha value is -1.47. The van der Waals surface area contributed by atoms with Crippen molar-refractivity contribution in [3.05, 3.63) is 29.3 Å². The maximum atomic E-state index is 10.5. The summed E-state index contributed by atoms with van der Waals surface area (Å²) in [5.74, 6) is 4.08. The second-order valence-electron chi connectivity index (χ2n) is 2.47. The van der Waals surface area contributed by atoms with E-state index in [1.165, 1.54) is 12.1 Å². The monoisotopic (exact) mass is 254 g/mol. The van der Waals surface area contributed by atoms with E-state index in [1.807, 2.05) is 0 Å². The Kier molecular flexibility index (Phi) is 3.55. The average molecular weight is 255 g/mol. The second kappa shape index (κ2) is 4.68. The number of hydrogen-bond acceptors (Lipinski definition) is 2. The fourth-order valence-electron chi connectivity index (χ4n) is 0.926. The molecule has 0 unspecified atom stereocenters. The zero-order valence-electron chi connectivity index (χ0n) is 7.12. The van der Waals surface area contributed by atoms with Gasteiger partial charge in [-0.05, 0) is 18.2 Å². The van der Waals surface area contributed by atoms with E-state index < -0.39 is 5.97 Å². The Balaban J connectivity index is 3.06. The van der Waals surface area contributed by atoms with Gasteiger partial charge in [-0.15, -0.1) is 0 Å². The van der Waals surface area contributed by atoms with Crippen molar-refractivity contribution >= 4 is 21.9 Å². The highest BCUT2D eigenvalue weighted by molar-refractivity contribution is 9.09. The first-order valence-electron chi connectivity index (χ1n) is 3.76. The van der Waals surface area contributed by atoms with Gasteiger partial charge in [0.25, 0.3) is 0 Å². The first-order chi connectivity index (χ1) is 6.65. The lowest BCUT2D eigenvalue weighted by molar-refractivity contribution is 0.0694. The third-order valence-corrected chi connectivity index (χ3v) is 1.81. The van der Waals surface area contributed by atoms with Crippen LogP contribution in [0.4, 0.5) is 0 Å². The first-order valence-corrected chi connectivity index (χ1v) is 4.88. The molecule has 0 atom stereocenters. The van der Waals surface area contributed by atoms with Gasteiger partial charge >= 0.3 is 5.97 Å². The number of carbonyl (C=O) groups is 1. The normalized spacial score (nSPS) is 8.93. The molecule has 0 aliphatic rings. The van der Waals surface area contributed by atoms with Crippen LogP contribution in [0.5, 0.6) is 5.75 Å². The molecule has 0 amide bonds. The number of aromatic carboxylic acids is 1. The summed E-state index contributed by atoms with van der Waals surface area (Å²) in [6.45, 7) is 0. The van der Waals surface area contributed by atoms with E-state index >= 15 is 0 Å². The summed E-state index contributed by atoms with van der Waals surface area (Å²) in [6.07, 6.45) is 0. The zero-order valence-corrected chi connectivity index (χ0v) is 8.71. The van der Waals surface area contributed by atoms with Crippen LogP contribution in [0, 0.1) is 11.8 Å². The molecule has 0 saturated carbocycles. The number of alkyl halides is 1. The smallest absolute Gasteiger partial charge is 0.339 e. The fourth-order valence-corrected chi connectivity index (χ4v) is 1.07. The molecule has 0 aromatic heterocycles. The van der Waals surface area contributed by atoms with Gasteiger partial charge < -0.3 is 10.2 Å². The topological polar surface area (TPSA) is 57.5 Å². The van der Waals surface area contributed by atoms with Gasteiger partial charge in [-0.3, -0.25) is 0 Å². The minimum absolute atomic E-state index is 0.116. The van der Waals surface area contributed by atoms with Crippen LogP contribution in [0.1, 0.15) is 15.9 Å². The molecule has 0 aliphatic heterocycles. The molecule has 14 heavy (non-hydrogen) atoms. The maximum absolute atomic E-state index is 10.5. The summed E-state index contributed by atoms with van der Waals surface area (Å²) in [7, 11) is 0. The largest absolute Gasteiger partial charge is 0.507 e. The van der Waals surface area contributed by atoms with Crippen molar-refractivity contribution in [3.63, 3.8) is 0 Å². The van der Waals surface area contributed by atoms with Gasteiger partial charge in [-0.1, -0.05) is 27.8 Å². The van der Waals surface area contributed by atoms with Crippen molar-refractivity contribution in [3.8, 4) is 17.6 Å². The number of carboxylic acid groups (broad SMARTS) is 1. The van der Waals surface area contributed by atoms with Crippen molar-refractivity contribution in [2.45, 2.75) is 0 Å². The summed E-state index contributed by atoms with van der Waals surface area (Å²) in [5, 5.41) is 18.5. The molecular weight excluding hydrogens is 248 g/mol. The van der Waals surface area contributed by atoms with E-state index in [0.29, 0.717) is 10.9 Å². The zero-order chi connectivity index (χ0) is 10.6. The Morgan fingerprint density at radius 2 is 2.21 bits per heavy atom. The molecule has 0 spiro atoms. The van der Waals surface area contributed by atoms with Crippen molar-refractivity contribution in [1.29, 1.82) is 0 Å². The van der Waals surface area contributed by atoms with E-state index in [-0.39, 0.29) is 11.3 Å². The Morgan fingerprint density at radius 1 is 1.50 bits per heavy atom. The second-order valence-corrected chi connectivity index (χ2v) is 3.03. The van der Waals surface area contributed by atoms with Crippen LogP contribution in [0.2, 0.25) is 0 Å². The maximum Gasteiger partial charge on any atom is 0.339 e. The molecule has 72 valence electrons. The van der Waals surface area contributed by atoms with Gasteiger partial charge in [0.1, 0.15) is 11.3 Å². The Morgan fingerprint density at radius 3 is 2.71 bits per heavy atom. The third kappa shape index (κ3) is 2.51. The summed E-state index contributed by atoms with van der Waals surface area (Å²) in [4.78, 5) is 10.5. The van der Waals surface area contributed by atoms with Crippen LogP contribution in [0.25, 0.3) is 0 Å². The van der Waals surface area contributed by atoms with Crippen molar-refractivity contribution in [2.24, 2.45) is 0 Å². The van der Waals surface area contributed by atoms with Crippen LogP contribution < -0.4 is 0 Å². The number of hydrogen-bond donors (Lipinski definition) is 2. The average Bonchev–Trinajstić information content (AvgIpc) is 2.14. The number of carboxylic acids is 1. The van der Waals surface area contributed by atoms with Crippen molar-refractivity contribution < 1.29 is 15.0 Å². The van der Waals surface area contributed by atoms with E-state index in [9.17, 15) is 9.90 Å². The number of phenols is 1. The molecule has 0 heterocycles. The number of halogens is 1. The quantitative estimate of drug-likeness (QED) is 0.594. The van der Waals surface area contributed by atoms with E-state index in [4.69, 9.17) is 5.11 Å². The molecule has 0 fully saturated rings. The highest BCUT2D eigenvalue weighted by Gasteiger charge is 2.08.